The molecule has 1 aliphatic heterocycles. The van der Waals surface area contributed by atoms with E-state index in [1.807, 2.05) is 0 Å². The van der Waals surface area contributed by atoms with Crippen molar-refractivity contribution in [1.29, 1.82) is 0 Å². The van der Waals surface area contributed by atoms with E-state index in [4.69, 9.17) is 5.73 Å². The van der Waals surface area contributed by atoms with E-state index in [0.29, 0.717) is 18.2 Å². The summed E-state index contributed by atoms with van der Waals surface area (Å²) in [6.45, 7) is 4.83. The monoisotopic (exact) mass is 265 g/mol. The maximum Gasteiger partial charge on any atom is 0.253 e. The summed E-state index contributed by atoms with van der Waals surface area (Å²) in [6.07, 6.45) is 2.28. The van der Waals surface area contributed by atoms with Crippen LogP contribution >= 0.6 is 0 Å². The van der Waals surface area contributed by atoms with Gasteiger partial charge in [0.05, 0.1) is 5.56 Å². The van der Waals surface area contributed by atoms with Gasteiger partial charge in [0.2, 0.25) is 0 Å². The Balaban J connectivity index is 1.94. The SMILES string of the molecule is CCN1CCCC1CNC(=O)c1ccc(F)cc1N. The first-order chi connectivity index (χ1) is 9.11. The third kappa shape index (κ3) is 3.23. The lowest BCUT2D eigenvalue weighted by atomic mass is 10.1. The van der Waals surface area contributed by atoms with Crippen LogP contribution in [0.2, 0.25) is 0 Å². The summed E-state index contributed by atoms with van der Waals surface area (Å²) in [4.78, 5) is 14.4. The molecule has 19 heavy (non-hydrogen) atoms. The summed E-state index contributed by atoms with van der Waals surface area (Å²) in [6, 6.07) is 4.24. The van der Waals surface area contributed by atoms with Crippen LogP contribution in [0.1, 0.15) is 30.1 Å². The molecule has 1 atom stereocenters. The van der Waals surface area contributed by atoms with Crippen LogP contribution in [0, 0.1) is 5.82 Å². The number of nitrogens with one attached hydrogen (secondary N) is 1. The molecule has 0 aliphatic carbocycles. The number of likely N-dealkylation sites (N-methyl/N-ethyl adjacent to an activating group) is 1. The van der Waals surface area contributed by atoms with Gasteiger partial charge in [-0.15, -0.1) is 0 Å². The van der Waals surface area contributed by atoms with Crippen LogP contribution in [0.3, 0.4) is 0 Å². The van der Waals surface area contributed by atoms with Crippen molar-refractivity contribution < 1.29 is 9.18 Å². The molecule has 1 saturated heterocycles. The normalized spacial score (nSPS) is 19.6. The van der Waals surface area contributed by atoms with Crippen molar-refractivity contribution in [2.45, 2.75) is 25.8 Å². The molecule has 1 unspecified atom stereocenters. The molecule has 104 valence electrons. The maximum atomic E-state index is 12.9. The first-order valence-corrected chi connectivity index (χ1v) is 6.69. The zero-order valence-electron chi connectivity index (χ0n) is 11.2. The van der Waals surface area contributed by atoms with Crippen LogP contribution in [-0.2, 0) is 0 Å². The lowest BCUT2D eigenvalue weighted by Gasteiger charge is -2.23. The molecule has 1 fully saturated rings. The van der Waals surface area contributed by atoms with E-state index < -0.39 is 5.82 Å². The van der Waals surface area contributed by atoms with Crippen molar-refractivity contribution in [1.82, 2.24) is 10.2 Å². The van der Waals surface area contributed by atoms with Crippen LogP contribution in [0.15, 0.2) is 18.2 Å². The number of amides is 1. The summed E-state index contributed by atoms with van der Waals surface area (Å²) < 4.78 is 12.9. The Morgan fingerprint density at radius 1 is 1.58 bits per heavy atom. The first-order valence-electron chi connectivity index (χ1n) is 6.69. The topological polar surface area (TPSA) is 58.4 Å². The fraction of sp³-hybridized carbons (Fsp3) is 0.500. The van der Waals surface area contributed by atoms with Crippen LogP contribution < -0.4 is 11.1 Å². The van der Waals surface area contributed by atoms with E-state index in [1.54, 1.807) is 0 Å². The number of rotatable bonds is 4. The number of nitrogens with zero attached hydrogens (tertiary/aromatic N) is 1. The highest BCUT2D eigenvalue weighted by molar-refractivity contribution is 5.99. The summed E-state index contributed by atoms with van der Waals surface area (Å²) in [5.41, 5.74) is 6.16. The Morgan fingerprint density at radius 3 is 3.05 bits per heavy atom. The highest BCUT2D eigenvalue weighted by atomic mass is 19.1. The second-order valence-electron chi connectivity index (χ2n) is 4.87. The summed E-state index contributed by atoms with van der Waals surface area (Å²) >= 11 is 0. The molecule has 0 saturated carbocycles. The number of carbonyl (C=O) groups excluding carboxylic acids is 1. The van der Waals surface area contributed by atoms with Crippen LogP contribution in [-0.4, -0.2) is 36.5 Å². The number of hydrogen-bond donors (Lipinski definition) is 2. The third-order valence-corrected chi connectivity index (χ3v) is 3.66. The highest BCUT2D eigenvalue weighted by Gasteiger charge is 2.23. The van der Waals surface area contributed by atoms with Gasteiger partial charge in [0, 0.05) is 18.3 Å². The number of nitrogen functional groups attached to an aromatic ring is 1. The van der Waals surface area contributed by atoms with E-state index in [-0.39, 0.29) is 11.6 Å². The molecule has 1 aliphatic rings. The largest absolute Gasteiger partial charge is 0.398 e. The van der Waals surface area contributed by atoms with Crippen LogP contribution in [0.4, 0.5) is 10.1 Å². The summed E-state index contributed by atoms with van der Waals surface area (Å²) in [5.74, 6) is -0.664. The van der Waals surface area contributed by atoms with Gasteiger partial charge in [-0.25, -0.2) is 4.39 Å². The molecule has 5 heteroatoms. The Hall–Kier alpha value is -1.62. The Bertz CT molecular complexity index is 464. The smallest absolute Gasteiger partial charge is 0.253 e. The van der Waals surface area contributed by atoms with Gasteiger partial charge in [0.15, 0.2) is 0 Å². The molecule has 1 aromatic rings. The highest BCUT2D eigenvalue weighted by Crippen LogP contribution is 2.17. The zero-order valence-corrected chi connectivity index (χ0v) is 11.2. The zero-order chi connectivity index (χ0) is 13.8. The number of benzene rings is 1. The average molecular weight is 265 g/mol. The van der Waals surface area contributed by atoms with E-state index in [2.05, 4.69) is 17.1 Å². The molecule has 0 radical (unpaired) electrons. The van der Waals surface area contributed by atoms with Gasteiger partial charge in [-0.1, -0.05) is 6.92 Å². The fourth-order valence-corrected chi connectivity index (χ4v) is 2.59. The lowest BCUT2D eigenvalue weighted by molar-refractivity contribution is 0.0942. The van der Waals surface area contributed by atoms with Crippen molar-refractivity contribution in [3.63, 3.8) is 0 Å². The minimum Gasteiger partial charge on any atom is -0.398 e. The number of halogens is 1. The minimum atomic E-state index is -0.429. The van der Waals surface area contributed by atoms with E-state index in [9.17, 15) is 9.18 Å². The van der Waals surface area contributed by atoms with Crippen molar-refractivity contribution in [3.8, 4) is 0 Å². The molecule has 0 bridgehead atoms. The molecular formula is C14H20FN3O. The lowest BCUT2D eigenvalue weighted by Crippen LogP contribution is -2.40. The van der Waals surface area contributed by atoms with Gasteiger partial charge in [-0.05, 0) is 44.1 Å². The van der Waals surface area contributed by atoms with Gasteiger partial charge in [0.1, 0.15) is 5.82 Å². The van der Waals surface area contributed by atoms with Gasteiger partial charge in [0.25, 0.3) is 5.91 Å². The Morgan fingerprint density at radius 2 is 2.37 bits per heavy atom. The van der Waals surface area contributed by atoms with Crippen molar-refractivity contribution in [2.75, 3.05) is 25.4 Å². The molecule has 4 nitrogen and oxygen atoms in total. The van der Waals surface area contributed by atoms with Crippen molar-refractivity contribution in [2.24, 2.45) is 0 Å². The number of hydrogen-bond acceptors (Lipinski definition) is 3. The van der Waals surface area contributed by atoms with E-state index in [0.717, 1.165) is 19.5 Å². The molecule has 1 aromatic carbocycles. The van der Waals surface area contributed by atoms with Crippen LogP contribution in [0.25, 0.3) is 0 Å². The average Bonchev–Trinajstić information content (AvgIpc) is 2.83. The second kappa shape index (κ2) is 6.02. The third-order valence-electron chi connectivity index (χ3n) is 3.66. The number of carbonyl (C=O) groups is 1. The number of likely N-dealkylation sites (tertiary alicyclic amines) is 1. The second-order valence-corrected chi connectivity index (χ2v) is 4.87. The molecule has 3 N–H and O–H groups in total. The summed E-state index contributed by atoms with van der Waals surface area (Å²) in [7, 11) is 0. The predicted octanol–water partition coefficient (Wildman–Crippen LogP) is 1.62. The molecular weight excluding hydrogens is 245 g/mol. The van der Waals surface area contributed by atoms with Gasteiger partial charge in [-0.3, -0.25) is 9.69 Å². The minimum absolute atomic E-state index is 0.177. The van der Waals surface area contributed by atoms with Gasteiger partial charge >= 0.3 is 0 Å². The van der Waals surface area contributed by atoms with E-state index in [1.165, 1.54) is 24.6 Å². The molecule has 2 rings (SSSR count). The van der Waals surface area contributed by atoms with Crippen LogP contribution in [0.5, 0.6) is 0 Å². The standard InChI is InChI=1S/C14H20FN3O/c1-2-18-7-3-4-11(18)9-17-14(19)12-6-5-10(15)8-13(12)16/h5-6,8,11H,2-4,7,9,16H2,1H3,(H,17,19). The van der Waals surface area contributed by atoms with Crippen molar-refractivity contribution >= 4 is 11.6 Å². The van der Waals surface area contributed by atoms with E-state index >= 15 is 0 Å². The quantitative estimate of drug-likeness (QED) is 0.813. The van der Waals surface area contributed by atoms with Gasteiger partial charge < -0.3 is 11.1 Å². The molecule has 0 spiro atoms. The molecule has 1 heterocycles. The molecule has 0 aromatic heterocycles. The number of nitrogens with two attached hydrogens (primary N) is 1. The Labute approximate surface area is 112 Å². The van der Waals surface area contributed by atoms with Gasteiger partial charge in [-0.2, -0.15) is 0 Å². The Kier molecular flexibility index (Phi) is 4.37. The fourth-order valence-electron chi connectivity index (χ4n) is 2.59. The number of anilines is 1. The molecule has 1 amide bonds. The predicted molar refractivity (Wildman–Crippen MR) is 73.4 cm³/mol. The van der Waals surface area contributed by atoms with Crippen molar-refractivity contribution in [3.05, 3.63) is 29.6 Å². The first kappa shape index (κ1) is 13.8. The maximum absolute atomic E-state index is 12.9. The summed E-state index contributed by atoms with van der Waals surface area (Å²) in [5, 5.41) is 2.88.